The Kier molecular flexibility index (Phi) is 4.02. The van der Waals surface area contributed by atoms with Gasteiger partial charge in [-0.25, -0.2) is 0 Å². The van der Waals surface area contributed by atoms with Crippen LogP contribution in [0.4, 0.5) is 0 Å². The summed E-state index contributed by atoms with van der Waals surface area (Å²) in [5.41, 5.74) is 0.463. The number of hydrogen-bond acceptors (Lipinski definition) is 4. The molecule has 1 aliphatic rings. The Balaban J connectivity index is 2.01. The van der Waals surface area contributed by atoms with Crippen LogP contribution in [0.3, 0.4) is 0 Å². The van der Waals surface area contributed by atoms with Gasteiger partial charge in [-0.3, -0.25) is 4.90 Å². The van der Waals surface area contributed by atoms with Crippen molar-refractivity contribution in [2.75, 3.05) is 33.3 Å². The maximum absolute atomic E-state index is 9.81. The van der Waals surface area contributed by atoms with Gasteiger partial charge in [0.1, 0.15) is 11.3 Å². The lowest BCUT2D eigenvalue weighted by atomic mass is 9.89. The van der Waals surface area contributed by atoms with Gasteiger partial charge in [0.05, 0.1) is 13.2 Å². The smallest absolute Gasteiger partial charge is 0.132 e. The number of methoxy groups -OCH3 is 1. The second-order valence-corrected chi connectivity index (χ2v) is 5.85. The minimum atomic E-state index is -0.587. The fourth-order valence-electron chi connectivity index (χ4n) is 3.08. The third-order valence-corrected chi connectivity index (χ3v) is 4.58. The van der Waals surface area contributed by atoms with E-state index in [0.717, 1.165) is 48.3 Å². The van der Waals surface area contributed by atoms with Crippen LogP contribution in [0, 0.1) is 11.3 Å². The molecule has 114 valence electrons. The molecule has 0 saturated carbocycles. The van der Waals surface area contributed by atoms with Gasteiger partial charge in [-0.1, -0.05) is 18.2 Å². The average molecular weight is 295 g/mol. The zero-order valence-electron chi connectivity index (χ0n) is 13.1. The molecule has 4 nitrogen and oxygen atoms in total. The summed E-state index contributed by atoms with van der Waals surface area (Å²) in [4.78, 5) is 2.26. The van der Waals surface area contributed by atoms with Gasteiger partial charge >= 0.3 is 0 Å². The minimum absolute atomic E-state index is 0.587. The molecule has 3 rings (SSSR count). The normalized spacial score (nSPS) is 18.6. The Morgan fingerprint density at radius 1 is 1.14 bits per heavy atom. The summed E-state index contributed by atoms with van der Waals surface area (Å²) >= 11 is 0. The number of nitriles is 1. The zero-order valence-corrected chi connectivity index (χ0v) is 13.1. The van der Waals surface area contributed by atoms with Gasteiger partial charge in [-0.2, -0.15) is 5.26 Å². The van der Waals surface area contributed by atoms with E-state index in [9.17, 15) is 5.26 Å². The quantitative estimate of drug-likeness (QED) is 0.945. The Hall–Kier alpha value is -2.09. The summed E-state index contributed by atoms with van der Waals surface area (Å²) < 4.78 is 5.27. The lowest BCUT2D eigenvalue weighted by molar-refractivity contribution is 0.133. The highest BCUT2D eigenvalue weighted by Crippen LogP contribution is 2.31. The van der Waals surface area contributed by atoms with E-state index in [4.69, 9.17) is 4.74 Å². The largest absolute Gasteiger partial charge is 0.497 e. The molecule has 0 aromatic heterocycles. The topological polar surface area (TPSA) is 48.3 Å². The van der Waals surface area contributed by atoms with Crippen molar-refractivity contribution in [3.8, 4) is 11.8 Å². The molecule has 1 heterocycles. The van der Waals surface area contributed by atoms with Gasteiger partial charge in [0.2, 0.25) is 0 Å². The third-order valence-electron chi connectivity index (χ3n) is 4.58. The molecule has 0 amide bonds. The standard InChI is InChI=1S/C18H21N3O/c1-18(13-19,21-9-7-20-8-10-21)16-5-3-15-12-17(22-2)6-4-14(15)11-16/h3-6,11-12,20H,7-10H2,1-2H3. The van der Waals surface area contributed by atoms with Crippen LogP contribution < -0.4 is 10.1 Å². The van der Waals surface area contributed by atoms with E-state index in [-0.39, 0.29) is 0 Å². The highest BCUT2D eigenvalue weighted by Gasteiger charge is 2.34. The number of nitrogens with zero attached hydrogens (tertiary/aromatic N) is 2. The number of benzene rings is 2. The number of rotatable bonds is 3. The van der Waals surface area contributed by atoms with Crippen LogP contribution in [0.2, 0.25) is 0 Å². The molecule has 1 aliphatic heterocycles. The Labute approximate surface area is 131 Å². The molecule has 2 aromatic carbocycles. The van der Waals surface area contributed by atoms with Crippen LogP contribution in [-0.4, -0.2) is 38.2 Å². The summed E-state index contributed by atoms with van der Waals surface area (Å²) in [6.45, 7) is 5.67. The first-order valence-corrected chi connectivity index (χ1v) is 7.63. The first-order valence-electron chi connectivity index (χ1n) is 7.63. The molecule has 1 N–H and O–H groups in total. The van der Waals surface area contributed by atoms with E-state index in [2.05, 4.69) is 34.5 Å². The summed E-state index contributed by atoms with van der Waals surface area (Å²) in [5, 5.41) is 15.4. The second kappa shape index (κ2) is 5.96. The van der Waals surface area contributed by atoms with Crippen molar-refractivity contribution in [3.05, 3.63) is 42.0 Å². The summed E-state index contributed by atoms with van der Waals surface area (Å²) in [6, 6.07) is 14.8. The van der Waals surface area contributed by atoms with E-state index in [1.165, 1.54) is 0 Å². The van der Waals surface area contributed by atoms with Gasteiger partial charge < -0.3 is 10.1 Å². The van der Waals surface area contributed by atoms with Crippen molar-refractivity contribution in [2.24, 2.45) is 0 Å². The van der Waals surface area contributed by atoms with E-state index >= 15 is 0 Å². The minimum Gasteiger partial charge on any atom is -0.497 e. The van der Waals surface area contributed by atoms with Gasteiger partial charge in [0, 0.05) is 26.2 Å². The lowest BCUT2D eigenvalue weighted by Gasteiger charge is -2.39. The zero-order chi connectivity index (χ0) is 15.6. The van der Waals surface area contributed by atoms with Crippen molar-refractivity contribution in [1.82, 2.24) is 10.2 Å². The molecule has 4 heteroatoms. The molecule has 2 aromatic rings. The van der Waals surface area contributed by atoms with Gasteiger partial charge in [0.15, 0.2) is 0 Å². The number of piperazine rings is 1. The first-order chi connectivity index (χ1) is 10.7. The van der Waals surface area contributed by atoms with Gasteiger partial charge in [-0.05, 0) is 41.5 Å². The Morgan fingerprint density at radius 3 is 2.50 bits per heavy atom. The van der Waals surface area contributed by atoms with Crippen LogP contribution in [0.25, 0.3) is 10.8 Å². The molecule has 0 aliphatic carbocycles. The van der Waals surface area contributed by atoms with Gasteiger partial charge in [-0.15, -0.1) is 0 Å². The highest BCUT2D eigenvalue weighted by molar-refractivity contribution is 5.84. The van der Waals surface area contributed by atoms with Gasteiger partial charge in [0.25, 0.3) is 0 Å². The Bertz CT molecular complexity index is 716. The fraction of sp³-hybridized carbons (Fsp3) is 0.389. The number of fused-ring (bicyclic) bond motifs is 1. The lowest BCUT2D eigenvalue weighted by Crippen LogP contribution is -2.52. The number of hydrogen-bond donors (Lipinski definition) is 1. The van der Waals surface area contributed by atoms with E-state index in [1.807, 2.05) is 25.1 Å². The fourth-order valence-corrected chi connectivity index (χ4v) is 3.08. The SMILES string of the molecule is COc1ccc2cc(C(C)(C#N)N3CCNCC3)ccc2c1. The van der Waals surface area contributed by atoms with Crippen LogP contribution >= 0.6 is 0 Å². The Morgan fingerprint density at radius 2 is 1.82 bits per heavy atom. The third kappa shape index (κ3) is 2.54. The van der Waals surface area contributed by atoms with Crippen molar-refractivity contribution in [3.63, 3.8) is 0 Å². The van der Waals surface area contributed by atoms with Crippen LogP contribution in [0.15, 0.2) is 36.4 Å². The first kappa shape index (κ1) is 14.8. The molecule has 0 radical (unpaired) electrons. The summed E-state index contributed by atoms with van der Waals surface area (Å²) in [5.74, 6) is 0.852. The maximum atomic E-state index is 9.81. The van der Waals surface area contributed by atoms with E-state index in [1.54, 1.807) is 7.11 Å². The van der Waals surface area contributed by atoms with Crippen molar-refractivity contribution in [2.45, 2.75) is 12.5 Å². The number of ether oxygens (including phenoxy) is 1. The highest BCUT2D eigenvalue weighted by atomic mass is 16.5. The molecule has 1 atom stereocenters. The molecule has 1 saturated heterocycles. The van der Waals surface area contributed by atoms with Crippen LogP contribution in [0.1, 0.15) is 12.5 Å². The predicted octanol–water partition coefficient (Wildman–Crippen LogP) is 2.49. The van der Waals surface area contributed by atoms with Crippen molar-refractivity contribution < 1.29 is 4.74 Å². The maximum Gasteiger partial charge on any atom is 0.132 e. The van der Waals surface area contributed by atoms with Crippen molar-refractivity contribution in [1.29, 1.82) is 5.26 Å². The molecule has 22 heavy (non-hydrogen) atoms. The molecular formula is C18H21N3O. The monoisotopic (exact) mass is 295 g/mol. The predicted molar refractivity (Wildman–Crippen MR) is 87.9 cm³/mol. The van der Waals surface area contributed by atoms with Crippen LogP contribution in [0.5, 0.6) is 5.75 Å². The number of nitrogens with one attached hydrogen (secondary N) is 1. The van der Waals surface area contributed by atoms with E-state index in [0.29, 0.717) is 0 Å². The summed E-state index contributed by atoms with van der Waals surface area (Å²) in [6.07, 6.45) is 0. The molecular weight excluding hydrogens is 274 g/mol. The van der Waals surface area contributed by atoms with Crippen LogP contribution in [-0.2, 0) is 5.54 Å². The molecule has 1 fully saturated rings. The summed E-state index contributed by atoms with van der Waals surface area (Å²) in [7, 11) is 1.67. The molecule has 0 spiro atoms. The second-order valence-electron chi connectivity index (χ2n) is 5.85. The van der Waals surface area contributed by atoms with Crippen molar-refractivity contribution >= 4 is 10.8 Å². The molecule has 0 bridgehead atoms. The van der Waals surface area contributed by atoms with E-state index < -0.39 is 5.54 Å². The molecule has 1 unspecified atom stereocenters. The average Bonchev–Trinajstić information content (AvgIpc) is 2.60.